The number of hydrogen-bond donors (Lipinski definition) is 0. The lowest BCUT2D eigenvalue weighted by Gasteiger charge is -2.40. The van der Waals surface area contributed by atoms with Gasteiger partial charge in [0, 0.05) is 72.8 Å². The van der Waals surface area contributed by atoms with Crippen LogP contribution >= 0.6 is 0 Å². The fraction of sp³-hybridized carbons (Fsp3) is 0.344. The number of piperidine rings is 1. The van der Waals surface area contributed by atoms with Crippen LogP contribution in [-0.4, -0.2) is 51.9 Å². The molecular formula is C32H31F3N4O2. The molecule has 1 fully saturated rings. The predicted molar refractivity (Wildman–Crippen MR) is 150 cm³/mol. The Balaban J connectivity index is 1.21. The number of carbonyl (C=O) groups excluding carboxylic acids is 1. The molecule has 2 aromatic heterocycles. The van der Waals surface area contributed by atoms with Crippen LogP contribution in [0.15, 0.2) is 72.1 Å². The Morgan fingerprint density at radius 3 is 2.80 bits per heavy atom. The van der Waals surface area contributed by atoms with Crippen molar-refractivity contribution < 1.29 is 22.7 Å². The van der Waals surface area contributed by atoms with E-state index in [4.69, 9.17) is 9.73 Å². The second kappa shape index (κ2) is 10.8. The summed E-state index contributed by atoms with van der Waals surface area (Å²) in [5, 5.41) is 0. The Kier molecular flexibility index (Phi) is 7.15. The molecule has 6 rings (SSSR count). The van der Waals surface area contributed by atoms with Crippen LogP contribution in [0, 0.1) is 17.7 Å². The molecule has 212 valence electrons. The van der Waals surface area contributed by atoms with Gasteiger partial charge in [-0.3, -0.25) is 14.7 Å². The summed E-state index contributed by atoms with van der Waals surface area (Å²) in [5.74, 6) is -4.32. The highest BCUT2D eigenvalue weighted by Gasteiger charge is 2.41. The van der Waals surface area contributed by atoms with Crippen LogP contribution < -0.4 is 4.74 Å². The molecule has 2 aromatic carbocycles. The van der Waals surface area contributed by atoms with E-state index in [-0.39, 0.29) is 37.6 Å². The van der Waals surface area contributed by atoms with E-state index < -0.39 is 17.7 Å². The monoisotopic (exact) mass is 560 g/mol. The van der Waals surface area contributed by atoms with Gasteiger partial charge >= 0.3 is 0 Å². The molecule has 0 spiro atoms. The molecule has 0 radical (unpaired) electrons. The van der Waals surface area contributed by atoms with Crippen LogP contribution in [0.3, 0.4) is 0 Å². The molecule has 6 nitrogen and oxygen atoms in total. The molecule has 0 unspecified atom stereocenters. The molecule has 41 heavy (non-hydrogen) atoms. The number of nitrogens with zero attached hydrogens (tertiary/aromatic N) is 4. The average Bonchev–Trinajstić information content (AvgIpc) is 3.59. The smallest absolute Gasteiger partial charge is 0.249 e. The van der Waals surface area contributed by atoms with Crippen LogP contribution in [0.1, 0.15) is 52.4 Å². The zero-order valence-corrected chi connectivity index (χ0v) is 23.0. The highest BCUT2D eigenvalue weighted by Crippen LogP contribution is 2.37. The number of aliphatic imine (C=N–C) groups is 1. The van der Waals surface area contributed by atoms with Crippen molar-refractivity contribution in [2.45, 2.75) is 38.8 Å². The number of ether oxygens (including phenoxy) is 1. The summed E-state index contributed by atoms with van der Waals surface area (Å²) in [7, 11) is 1.46. The third-order valence-corrected chi connectivity index (χ3v) is 8.24. The van der Waals surface area contributed by atoms with Crippen LogP contribution in [0.5, 0.6) is 5.75 Å². The number of Topliss-reactive ketones (excluding diaryl/α,β-unsaturated/α-hetero) is 1. The number of fused-ring (bicyclic) bond motifs is 2. The minimum atomic E-state index is -2.92. The number of hydrogen-bond acceptors (Lipinski definition) is 5. The molecule has 0 saturated carbocycles. The molecule has 0 N–H and O–H groups in total. The zero-order valence-electron chi connectivity index (χ0n) is 23.0. The van der Waals surface area contributed by atoms with Crippen molar-refractivity contribution in [3.8, 4) is 5.75 Å². The molecule has 1 saturated heterocycles. The first kappa shape index (κ1) is 27.2. The first-order chi connectivity index (χ1) is 19.7. The quantitative estimate of drug-likeness (QED) is 0.241. The van der Waals surface area contributed by atoms with Crippen molar-refractivity contribution in [2.75, 3.05) is 20.2 Å². The largest absolute Gasteiger partial charge is 0.496 e. The maximum absolute atomic E-state index is 14.7. The van der Waals surface area contributed by atoms with Gasteiger partial charge in [0.15, 0.2) is 5.78 Å². The van der Waals surface area contributed by atoms with E-state index >= 15 is 0 Å². The Labute approximate surface area is 236 Å². The van der Waals surface area contributed by atoms with E-state index in [9.17, 15) is 18.0 Å². The van der Waals surface area contributed by atoms with Gasteiger partial charge < -0.3 is 9.14 Å². The van der Waals surface area contributed by atoms with E-state index in [2.05, 4.69) is 4.98 Å². The number of likely N-dealkylation sites (tertiary alicyclic amines) is 1. The van der Waals surface area contributed by atoms with Crippen molar-refractivity contribution in [3.05, 3.63) is 101 Å². The van der Waals surface area contributed by atoms with Gasteiger partial charge in [-0.15, -0.1) is 0 Å². The van der Waals surface area contributed by atoms with Crippen molar-refractivity contribution in [1.82, 2.24) is 14.3 Å². The number of ketones is 1. The van der Waals surface area contributed by atoms with Gasteiger partial charge in [-0.05, 0) is 55.2 Å². The molecule has 0 bridgehead atoms. The van der Waals surface area contributed by atoms with Crippen molar-refractivity contribution >= 4 is 17.1 Å². The fourth-order valence-corrected chi connectivity index (χ4v) is 6.10. The molecule has 9 heteroatoms. The highest BCUT2D eigenvalue weighted by molar-refractivity contribution is 6.16. The lowest BCUT2D eigenvalue weighted by Crippen LogP contribution is -2.46. The van der Waals surface area contributed by atoms with Crippen molar-refractivity contribution in [3.63, 3.8) is 0 Å². The Bertz CT molecular complexity index is 1640. The van der Waals surface area contributed by atoms with Gasteiger partial charge in [0.25, 0.3) is 0 Å². The topological polar surface area (TPSA) is 59.2 Å². The number of benzene rings is 2. The molecule has 2 aliphatic heterocycles. The summed E-state index contributed by atoms with van der Waals surface area (Å²) in [6.45, 7) is 2.12. The summed E-state index contributed by atoms with van der Waals surface area (Å²) in [4.78, 5) is 24.4. The molecular weight excluding hydrogens is 529 g/mol. The standard InChI is InChI=1S/C32H31F3N4O2/c1-32(34,35)24-12-20(16-38(18-24)19-26-27(33)4-3-5-29(26)41-2)13-28(40)21-6-7-22-15-37-31(25(22)14-21)23-8-9-30-36-10-11-39(30)17-23/h3-11,14,17,20,24H,12-13,15-16,18-19H2,1-2H3/t20-,24-/m0/s1. The van der Waals surface area contributed by atoms with E-state index in [1.807, 2.05) is 46.0 Å². The number of carbonyl (C=O) groups is 1. The number of aromatic nitrogens is 2. The molecule has 2 aliphatic rings. The van der Waals surface area contributed by atoms with Crippen molar-refractivity contribution in [2.24, 2.45) is 16.8 Å². The molecule has 2 atom stereocenters. The number of methoxy groups -OCH3 is 1. The molecule has 0 amide bonds. The third kappa shape index (κ3) is 5.51. The minimum absolute atomic E-state index is 0.0994. The predicted octanol–water partition coefficient (Wildman–Crippen LogP) is 6.20. The first-order valence-electron chi connectivity index (χ1n) is 13.7. The number of alkyl halides is 2. The summed E-state index contributed by atoms with van der Waals surface area (Å²) in [5.41, 5.74) is 5.40. The average molecular weight is 561 g/mol. The van der Waals surface area contributed by atoms with E-state index in [1.54, 1.807) is 24.4 Å². The molecule has 4 heterocycles. The van der Waals surface area contributed by atoms with E-state index in [1.165, 1.54) is 13.2 Å². The maximum atomic E-state index is 14.7. The SMILES string of the molecule is COc1cccc(F)c1CN1C[C@H](CC(=O)c2ccc3c(c2)C(c2ccc4nccn4c2)=NC3)C[C@H](C(C)(F)F)C1. The summed E-state index contributed by atoms with van der Waals surface area (Å²) in [6, 6.07) is 14.1. The minimum Gasteiger partial charge on any atom is -0.496 e. The van der Waals surface area contributed by atoms with Gasteiger partial charge in [0.1, 0.15) is 17.2 Å². The lowest BCUT2D eigenvalue weighted by molar-refractivity contribution is -0.0785. The van der Waals surface area contributed by atoms with Gasteiger partial charge in [-0.1, -0.05) is 18.2 Å². The number of halogens is 3. The number of pyridine rings is 1. The van der Waals surface area contributed by atoms with Crippen LogP contribution in [0.25, 0.3) is 5.65 Å². The van der Waals surface area contributed by atoms with Gasteiger partial charge in [0.2, 0.25) is 5.92 Å². The van der Waals surface area contributed by atoms with Crippen LogP contribution in [0.4, 0.5) is 13.2 Å². The van der Waals surface area contributed by atoms with Gasteiger partial charge in [-0.2, -0.15) is 0 Å². The lowest BCUT2D eigenvalue weighted by atomic mass is 9.82. The first-order valence-corrected chi connectivity index (χ1v) is 13.7. The Morgan fingerprint density at radius 1 is 1.15 bits per heavy atom. The van der Waals surface area contributed by atoms with Gasteiger partial charge in [0.05, 0.1) is 19.4 Å². The number of imidazole rings is 1. The van der Waals surface area contributed by atoms with Crippen molar-refractivity contribution in [1.29, 1.82) is 0 Å². The number of rotatable bonds is 8. The van der Waals surface area contributed by atoms with Crippen LogP contribution in [-0.2, 0) is 13.1 Å². The highest BCUT2D eigenvalue weighted by atomic mass is 19.3. The fourth-order valence-electron chi connectivity index (χ4n) is 6.10. The van der Waals surface area contributed by atoms with Crippen LogP contribution in [0.2, 0.25) is 0 Å². The van der Waals surface area contributed by atoms with E-state index in [0.717, 1.165) is 35.0 Å². The van der Waals surface area contributed by atoms with Gasteiger partial charge in [-0.25, -0.2) is 18.2 Å². The second-order valence-corrected chi connectivity index (χ2v) is 11.1. The summed E-state index contributed by atoms with van der Waals surface area (Å²) in [6.07, 6.45) is 5.93. The summed E-state index contributed by atoms with van der Waals surface area (Å²) >= 11 is 0. The molecule has 0 aliphatic carbocycles. The Hall–Kier alpha value is -3.98. The Morgan fingerprint density at radius 2 is 2.00 bits per heavy atom. The molecule has 4 aromatic rings. The maximum Gasteiger partial charge on any atom is 0.249 e. The van der Waals surface area contributed by atoms with E-state index in [0.29, 0.717) is 30.0 Å². The zero-order chi connectivity index (χ0) is 28.7. The third-order valence-electron chi connectivity index (χ3n) is 8.24. The normalized spacial score (nSPS) is 19.3. The second-order valence-electron chi connectivity index (χ2n) is 11.1. The summed E-state index contributed by atoms with van der Waals surface area (Å²) < 4.78 is 51.1.